The monoisotopic (exact) mass is 694 g/mol. The molecule has 0 aliphatic carbocycles. The number of carbonyl (C=O) groups excluding carboxylic acids is 5. The Morgan fingerprint density at radius 1 is 0.510 bits per heavy atom. The van der Waals surface area contributed by atoms with Gasteiger partial charge in [-0.2, -0.15) is 0 Å². The number of esters is 3. The largest absolute Gasteiger partial charge is 0.466 e. The molecule has 49 heavy (non-hydrogen) atoms. The molecule has 0 rings (SSSR count). The molecule has 0 bridgehead atoms. The molecule has 0 heterocycles. The van der Waals surface area contributed by atoms with E-state index in [1.165, 1.54) is 89.9 Å². The maximum absolute atomic E-state index is 12.9. The predicted molar refractivity (Wildman–Crippen MR) is 196 cm³/mol. The molecule has 1 unspecified atom stereocenters. The number of rotatable bonds is 35. The summed E-state index contributed by atoms with van der Waals surface area (Å²) in [5.74, 6) is -2.04. The molecule has 9 heteroatoms. The lowest BCUT2D eigenvalue weighted by molar-refractivity contribution is -0.150. The lowest BCUT2D eigenvalue weighted by Crippen LogP contribution is -2.42. The molecular formula is C40H71NO8. The number of allylic oxidation sites excluding steroid dienone is 1. The first-order chi connectivity index (χ1) is 23.7. The number of ether oxygens (including phenoxy) is 3. The van der Waals surface area contributed by atoms with E-state index >= 15 is 0 Å². The van der Waals surface area contributed by atoms with E-state index in [2.05, 4.69) is 25.7 Å². The minimum absolute atomic E-state index is 0.00517. The van der Waals surface area contributed by atoms with E-state index < -0.39 is 29.9 Å². The Kier molecular flexibility index (Phi) is 31.9. The standard InChI is InChI=1S/C40H71NO8/c1-5-7-9-11-13-15-17-19-21-23-31-47-39(45)29-28-35(40(46)49-32-24-22-20-18-16-14-12-10-8-6-2)41-37(43)26-25-27-38(44)48-33-30-36(42)34(3)4/h35H,3,5-33H2,1-2,4H3,(H,41,43). The number of Topliss-reactive ketones (excluding diaryl/α,β-unsaturated/α-hetero) is 1. The van der Waals surface area contributed by atoms with Gasteiger partial charge in [0.15, 0.2) is 5.78 Å². The second-order valence-corrected chi connectivity index (χ2v) is 13.4. The number of hydrogen-bond acceptors (Lipinski definition) is 8. The van der Waals surface area contributed by atoms with Crippen molar-refractivity contribution in [2.24, 2.45) is 0 Å². The van der Waals surface area contributed by atoms with Crippen molar-refractivity contribution in [1.82, 2.24) is 5.32 Å². The summed E-state index contributed by atoms with van der Waals surface area (Å²) in [6.45, 7) is 10.2. The van der Waals surface area contributed by atoms with Gasteiger partial charge in [0.25, 0.3) is 0 Å². The van der Waals surface area contributed by atoms with Crippen LogP contribution in [0.25, 0.3) is 0 Å². The summed E-state index contributed by atoms with van der Waals surface area (Å²) < 4.78 is 15.9. The predicted octanol–water partition coefficient (Wildman–Crippen LogP) is 9.43. The summed E-state index contributed by atoms with van der Waals surface area (Å²) in [5.41, 5.74) is 0.409. The molecule has 0 aromatic carbocycles. The third-order valence-electron chi connectivity index (χ3n) is 8.61. The van der Waals surface area contributed by atoms with Crippen LogP contribution in [0.15, 0.2) is 12.2 Å². The highest BCUT2D eigenvalue weighted by Crippen LogP contribution is 2.13. The molecule has 0 aromatic heterocycles. The summed E-state index contributed by atoms with van der Waals surface area (Å²) in [5, 5.41) is 2.69. The summed E-state index contributed by atoms with van der Waals surface area (Å²) in [6.07, 6.45) is 24.0. The third-order valence-corrected chi connectivity index (χ3v) is 8.61. The minimum Gasteiger partial charge on any atom is -0.466 e. The molecule has 0 aliphatic rings. The average molecular weight is 694 g/mol. The van der Waals surface area contributed by atoms with E-state index in [0.717, 1.165) is 38.5 Å². The quantitative estimate of drug-likeness (QED) is 0.0301. The Hall–Kier alpha value is -2.71. The lowest BCUT2D eigenvalue weighted by Gasteiger charge is -2.17. The second-order valence-electron chi connectivity index (χ2n) is 13.4. The van der Waals surface area contributed by atoms with Gasteiger partial charge in [0, 0.05) is 25.7 Å². The first kappa shape index (κ1) is 46.3. The Morgan fingerprint density at radius 2 is 0.939 bits per heavy atom. The van der Waals surface area contributed by atoms with Crippen LogP contribution in [0.3, 0.4) is 0 Å². The second kappa shape index (κ2) is 33.8. The summed E-state index contributed by atoms with van der Waals surface area (Å²) >= 11 is 0. The van der Waals surface area contributed by atoms with Gasteiger partial charge in [0.1, 0.15) is 6.04 Å². The first-order valence-corrected chi connectivity index (χ1v) is 19.7. The van der Waals surface area contributed by atoms with E-state index in [1.807, 2.05) is 0 Å². The zero-order chi connectivity index (χ0) is 36.4. The zero-order valence-electron chi connectivity index (χ0n) is 31.6. The minimum atomic E-state index is -0.972. The van der Waals surface area contributed by atoms with Gasteiger partial charge in [-0.15, -0.1) is 0 Å². The fourth-order valence-electron chi connectivity index (χ4n) is 5.42. The van der Waals surface area contributed by atoms with Gasteiger partial charge in [-0.25, -0.2) is 4.79 Å². The molecule has 9 nitrogen and oxygen atoms in total. The highest BCUT2D eigenvalue weighted by Gasteiger charge is 2.24. The third kappa shape index (κ3) is 31.0. The summed E-state index contributed by atoms with van der Waals surface area (Å²) in [7, 11) is 0. The Balaban J connectivity index is 4.52. The van der Waals surface area contributed by atoms with Crippen LogP contribution in [0.5, 0.6) is 0 Å². The number of hydrogen-bond donors (Lipinski definition) is 1. The number of ketones is 1. The van der Waals surface area contributed by atoms with Crippen molar-refractivity contribution >= 4 is 29.6 Å². The maximum Gasteiger partial charge on any atom is 0.328 e. The van der Waals surface area contributed by atoms with Gasteiger partial charge >= 0.3 is 17.9 Å². The summed E-state index contributed by atoms with van der Waals surface area (Å²) in [6, 6.07) is -0.972. The fourth-order valence-corrected chi connectivity index (χ4v) is 5.42. The smallest absolute Gasteiger partial charge is 0.328 e. The van der Waals surface area contributed by atoms with Crippen molar-refractivity contribution in [1.29, 1.82) is 0 Å². The van der Waals surface area contributed by atoms with Crippen LogP contribution in [0, 0.1) is 0 Å². The Bertz CT molecular complexity index is 903. The van der Waals surface area contributed by atoms with E-state index in [-0.39, 0.29) is 57.5 Å². The summed E-state index contributed by atoms with van der Waals surface area (Å²) in [4.78, 5) is 61.6. The highest BCUT2D eigenvalue weighted by atomic mass is 16.5. The van der Waals surface area contributed by atoms with Crippen molar-refractivity contribution < 1.29 is 38.2 Å². The van der Waals surface area contributed by atoms with Crippen molar-refractivity contribution in [2.75, 3.05) is 19.8 Å². The SMILES string of the molecule is C=C(C)C(=O)CCOC(=O)CCCC(=O)NC(CCC(=O)OCCCCCCCCCCCC)C(=O)OCCCCCCCCCCCC. The highest BCUT2D eigenvalue weighted by molar-refractivity contribution is 5.94. The Morgan fingerprint density at radius 3 is 1.43 bits per heavy atom. The molecular weight excluding hydrogens is 622 g/mol. The van der Waals surface area contributed by atoms with E-state index in [9.17, 15) is 24.0 Å². The molecule has 284 valence electrons. The van der Waals surface area contributed by atoms with Crippen LogP contribution < -0.4 is 5.32 Å². The lowest BCUT2D eigenvalue weighted by atomic mass is 10.1. The van der Waals surface area contributed by atoms with Gasteiger partial charge in [0.2, 0.25) is 5.91 Å². The van der Waals surface area contributed by atoms with Gasteiger partial charge in [-0.05, 0) is 38.2 Å². The molecule has 1 N–H and O–H groups in total. The molecule has 0 saturated carbocycles. The number of unbranched alkanes of at least 4 members (excludes halogenated alkanes) is 18. The molecule has 1 amide bonds. The van der Waals surface area contributed by atoms with Crippen LogP contribution >= 0.6 is 0 Å². The van der Waals surface area contributed by atoms with Crippen LogP contribution in [-0.2, 0) is 38.2 Å². The zero-order valence-corrected chi connectivity index (χ0v) is 31.6. The molecule has 0 radical (unpaired) electrons. The normalized spacial score (nSPS) is 11.5. The van der Waals surface area contributed by atoms with Crippen LogP contribution in [0.1, 0.15) is 188 Å². The fraction of sp³-hybridized carbons (Fsp3) is 0.825. The average Bonchev–Trinajstić information content (AvgIpc) is 3.07. The van der Waals surface area contributed by atoms with Crippen molar-refractivity contribution in [3.05, 3.63) is 12.2 Å². The number of amides is 1. The van der Waals surface area contributed by atoms with E-state index in [0.29, 0.717) is 12.2 Å². The van der Waals surface area contributed by atoms with Crippen LogP contribution in [0.4, 0.5) is 0 Å². The molecule has 0 fully saturated rings. The van der Waals surface area contributed by atoms with Gasteiger partial charge in [-0.3, -0.25) is 19.2 Å². The van der Waals surface area contributed by atoms with Crippen LogP contribution in [0.2, 0.25) is 0 Å². The molecule has 0 aliphatic heterocycles. The van der Waals surface area contributed by atoms with Gasteiger partial charge in [-0.1, -0.05) is 136 Å². The van der Waals surface area contributed by atoms with Crippen LogP contribution in [-0.4, -0.2) is 55.5 Å². The van der Waals surface area contributed by atoms with E-state index in [1.54, 1.807) is 6.92 Å². The van der Waals surface area contributed by atoms with E-state index in [4.69, 9.17) is 14.2 Å². The molecule has 1 atom stereocenters. The number of carbonyl (C=O) groups is 5. The van der Waals surface area contributed by atoms with Gasteiger partial charge < -0.3 is 19.5 Å². The topological polar surface area (TPSA) is 125 Å². The van der Waals surface area contributed by atoms with Crippen molar-refractivity contribution in [3.63, 3.8) is 0 Å². The maximum atomic E-state index is 12.9. The van der Waals surface area contributed by atoms with Gasteiger partial charge in [0.05, 0.1) is 19.8 Å². The first-order valence-electron chi connectivity index (χ1n) is 19.7. The number of nitrogens with one attached hydrogen (secondary N) is 1. The molecule has 0 saturated heterocycles. The van der Waals surface area contributed by atoms with Crippen molar-refractivity contribution in [3.8, 4) is 0 Å². The molecule has 0 aromatic rings. The Labute approximate surface area is 298 Å². The molecule has 0 spiro atoms. The van der Waals surface area contributed by atoms with Crippen molar-refractivity contribution in [2.45, 2.75) is 194 Å².